The average molecular weight is 203 g/mol. The van der Waals surface area contributed by atoms with Crippen LogP contribution in [0.2, 0.25) is 5.15 Å². The van der Waals surface area contributed by atoms with E-state index in [0.717, 1.165) is 0 Å². The zero-order valence-corrected chi connectivity index (χ0v) is 7.73. The Morgan fingerprint density at radius 2 is 2.46 bits per heavy atom. The van der Waals surface area contributed by atoms with Gasteiger partial charge < -0.3 is 5.32 Å². The molecule has 1 heterocycles. The summed E-state index contributed by atoms with van der Waals surface area (Å²) >= 11 is 5.39. The van der Waals surface area contributed by atoms with Gasteiger partial charge in [0.05, 0.1) is 5.56 Å². The number of amides is 1. The first-order valence-corrected chi connectivity index (χ1v) is 4.12. The Bertz CT molecular complexity index is 330. The van der Waals surface area contributed by atoms with Crippen LogP contribution >= 0.6 is 11.6 Å². The van der Waals surface area contributed by atoms with Crippen molar-refractivity contribution in [1.29, 1.82) is 0 Å². The van der Waals surface area contributed by atoms with Gasteiger partial charge in [0.1, 0.15) is 0 Å². The molecule has 0 fully saturated rings. The maximum absolute atomic E-state index is 13.1. The minimum Gasteiger partial charge on any atom is -0.352 e. The molecule has 1 N–H and O–H groups in total. The van der Waals surface area contributed by atoms with Crippen LogP contribution in [0.5, 0.6) is 0 Å². The molecule has 0 aliphatic heterocycles. The standard InChI is InChI=1S/C8H8ClFN2O/c1-2-11-8(13)5-3-4-12-7(9)6(5)10/h3-4H,2H2,1H3,(H,11,13). The van der Waals surface area contributed by atoms with Gasteiger partial charge in [-0.1, -0.05) is 11.6 Å². The lowest BCUT2D eigenvalue weighted by Gasteiger charge is -2.03. The highest BCUT2D eigenvalue weighted by molar-refractivity contribution is 6.29. The summed E-state index contributed by atoms with van der Waals surface area (Å²) in [6.45, 7) is 2.19. The fourth-order valence-electron chi connectivity index (χ4n) is 0.849. The van der Waals surface area contributed by atoms with Gasteiger partial charge in [-0.15, -0.1) is 0 Å². The second kappa shape index (κ2) is 4.18. The quantitative estimate of drug-likeness (QED) is 0.741. The lowest BCUT2D eigenvalue weighted by Crippen LogP contribution is -2.23. The van der Waals surface area contributed by atoms with Gasteiger partial charge in [0.25, 0.3) is 5.91 Å². The summed E-state index contributed by atoms with van der Waals surface area (Å²) in [6, 6.07) is 1.28. The van der Waals surface area contributed by atoms with Crippen molar-refractivity contribution in [2.75, 3.05) is 6.54 Å². The minimum atomic E-state index is -0.782. The first-order valence-electron chi connectivity index (χ1n) is 3.75. The number of carbonyl (C=O) groups is 1. The molecule has 0 saturated carbocycles. The normalized spacial score (nSPS) is 9.77. The Balaban J connectivity index is 3.01. The molecule has 1 aromatic heterocycles. The molecule has 0 aromatic carbocycles. The van der Waals surface area contributed by atoms with Gasteiger partial charge in [0.15, 0.2) is 11.0 Å². The number of halogens is 2. The number of hydrogen-bond donors (Lipinski definition) is 1. The molecule has 0 aliphatic carbocycles. The Kier molecular flexibility index (Phi) is 3.19. The Morgan fingerprint density at radius 1 is 1.77 bits per heavy atom. The van der Waals surface area contributed by atoms with Crippen LogP contribution in [0.25, 0.3) is 0 Å². The molecule has 0 unspecified atom stereocenters. The first-order chi connectivity index (χ1) is 6.16. The Hall–Kier alpha value is -1.16. The van der Waals surface area contributed by atoms with Gasteiger partial charge in [0, 0.05) is 12.7 Å². The van der Waals surface area contributed by atoms with Crippen LogP contribution in [-0.4, -0.2) is 17.4 Å². The topological polar surface area (TPSA) is 42.0 Å². The lowest BCUT2D eigenvalue weighted by atomic mass is 10.2. The molecular formula is C8H8ClFN2O. The largest absolute Gasteiger partial charge is 0.352 e. The monoisotopic (exact) mass is 202 g/mol. The third-order valence-corrected chi connectivity index (χ3v) is 1.69. The van der Waals surface area contributed by atoms with Crippen LogP contribution in [0.4, 0.5) is 4.39 Å². The van der Waals surface area contributed by atoms with Crippen LogP contribution in [0, 0.1) is 5.82 Å². The fraction of sp³-hybridized carbons (Fsp3) is 0.250. The zero-order valence-electron chi connectivity index (χ0n) is 6.97. The van der Waals surface area contributed by atoms with Crippen molar-refractivity contribution in [3.05, 3.63) is 28.8 Å². The average Bonchev–Trinajstić information content (AvgIpc) is 2.10. The van der Waals surface area contributed by atoms with Crippen molar-refractivity contribution in [3.63, 3.8) is 0 Å². The Morgan fingerprint density at radius 3 is 3.08 bits per heavy atom. The molecule has 1 aromatic rings. The highest BCUT2D eigenvalue weighted by Gasteiger charge is 2.13. The number of pyridine rings is 1. The first kappa shape index (κ1) is 9.92. The van der Waals surface area contributed by atoms with Crippen molar-refractivity contribution >= 4 is 17.5 Å². The van der Waals surface area contributed by atoms with Gasteiger partial charge in [-0.3, -0.25) is 4.79 Å². The molecular weight excluding hydrogens is 195 g/mol. The number of hydrogen-bond acceptors (Lipinski definition) is 2. The Labute approximate surface area is 79.9 Å². The van der Waals surface area contributed by atoms with E-state index in [1.807, 2.05) is 0 Å². The van der Waals surface area contributed by atoms with E-state index < -0.39 is 11.7 Å². The fourth-order valence-corrected chi connectivity index (χ4v) is 1.01. The van der Waals surface area contributed by atoms with E-state index in [2.05, 4.69) is 10.3 Å². The van der Waals surface area contributed by atoms with E-state index >= 15 is 0 Å². The van der Waals surface area contributed by atoms with Crippen LogP contribution < -0.4 is 5.32 Å². The molecule has 70 valence electrons. The molecule has 0 spiro atoms. The zero-order chi connectivity index (χ0) is 9.84. The van der Waals surface area contributed by atoms with Gasteiger partial charge in [0.2, 0.25) is 0 Å². The van der Waals surface area contributed by atoms with Gasteiger partial charge >= 0.3 is 0 Å². The summed E-state index contributed by atoms with van der Waals surface area (Å²) in [6.07, 6.45) is 1.29. The molecule has 5 heteroatoms. The third kappa shape index (κ3) is 2.15. The summed E-state index contributed by atoms with van der Waals surface area (Å²) in [7, 11) is 0. The maximum atomic E-state index is 13.1. The van der Waals surface area contributed by atoms with E-state index in [0.29, 0.717) is 6.54 Å². The molecule has 13 heavy (non-hydrogen) atoms. The number of nitrogens with one attached hydrogen (secondary N) is 1. The second-order valence-corrected chi connectivity index (χ2v) is 2.68. The highest BCUT2D eigenvalue weighted by Crippen LogP contribution is 2.14. The SMILES string of the molecule is CCNC(=O)c1ccnc(Cl)c1F. The molecule has 0 atom stereocenters. The molecule has 1 amide bonds. The van der Waals surface area contributed by atoms with Crippen molar-refractivity contribution in [1.82, 2.24) is 10.3 Å². The summed E-state index contributed by atoms with van der Waals surface area (Å²) < 4.78 is 13.1. The molecule has 0 bridgehead atoms. The molecule has 0 saturated heterocycles. The number of aromatic nitrogens is 1. The number of carbonyl (C=O) groups excluding carboxylic acids is 1. The second-order valence-electron chi connectivity index (χ2n) is 2.32. The van der Waals surface area contributed by atoms with E-state index in [-0.39, 0.29) is 10.7 Å². The van der Waals surface area contributed by atoms with E-state index in [1.165, 1.54) is 12.3 Å². The summed E-state index contributed by atoms with van der Waals surface area (Å²) in [4.78, 5) is 14.7. The van der Waals surface area contributed by atoms with Crippen molar-refractivity contribution in [2.45, 2.75) is 6.92 Å². The third-order valence-electron chi connectivity index (χ3n) is 1.43. The van der Waals surface area contributed by atoms with E-state index in [1.54, 1.807) is 6.92 Å². The van der Waals surface area contributed by atoms with Gasteiger partial charge in [-0.25, -0.2) is 9.37 Å². The van der Waals surface area contributed by atoms with E-state index in [9.17, 15) is 9.18 Å². The van der Waals surface area contributed by atoms with Crippen LogP contribution in [0.15, 0.2) is 12.3 Å². The molecule has 3 nitrogen and oxygen atoms in total. The van der Waals surface area contributed by atoms with Crippen LogP contribution in [0.3, 0.4) is 0 Å². The van der Waals surface area contributed by atoms with Crippen LogP contribution in [0.1, 0.15) is 17.3 Å². The maximum Gasteiger partial charge on any atom is 0.254 e. The van der Waals surface area contributed by atoms with Crippen molar-refractivity contribution in [2.24, 2.45) is 0 Å². The molecule has 0 aliphatic rings. The number of rotatable bonds is 2. The smallest absolute Gasteiger partial charge is 0.254 e. The van der Waals surface area contributed by atoms with Crippen LogP contribution in [-0.2, 0) is 0 Å². The molecule has 1 rings (SSSR count). The summed E-state index contributed by atoms with van der Waals surface area (Å²) in [5.74, 6) is -1.26. The van der Waals surface area contributed by atoms with E-state index in [4.69, 9.17) is 11.6 Å². The predicted octanol–water partition coefficient (Wildman–Crippen LogP) is 1.62. The lowest BCUT2D eigenvalue weighted by molar-refractivity contribution is 0.0951. The van der Waals surface area contributed by atoms with Gasteiger partial charge in [-0.05, 0) is 13.0 Å². The highest BCUT2D eigenvalue weighted by atomic mass is 35.5. The predicted molar refractivity (Wildman–Crippen MR) is 47.2 cm³/mol. The van der Waals surface area contributed by atoms with Crippen molar-refractivity contribution in [3.8, 4) is 0 Å². The number of nitrogens with zero attached hydrogens (tertiary/aromatic N) is 1. The van der Waals surface area contributed by atoms with Gasteiger partial charge in [-0.2, -0.15) is 0 Å². The minimum absolute atomic E-state index is 0.0816. The summed E-state index contributed by atoms with van der Waals surface area (Å²) in [5.41, 5.74) is -0.0816. The van der Waals surface area contributed by atoms with Crippen molar-refractivity contribution < 1.29 is 9.18 Å². The molecule has 0 radical (unpaired) electrons. The summed E-state index contributed by atoms with van der Waals surface area (Å²) in [5, 5.41) is 2.18.